The van der Waals surface area contributed by atoms with Gasteiger partial charge in [0.05, 0.1) is 6.26 Å². The summed E-state index contributed by atoms with van der Waals surface area (Å²) >= 11 is 0. The van der Waals surface area contributed by atoms with Crippen LogP contribution in [0.25, 0.3) is 6.08 Å². The summed E-state index contributed by atoms with van der Waals surface area (Å²) in [6, 6.07) is 3.14. The van der Waals surface area contributed by atoms with Crippen LogP contribution in [0.3, 0.4) is 0 Å². The van der Waals surface area contributed by atoms with Gasteiger partial charge in [0.2, 0.25) is 0 Å². The zero-order valence-electron chi connectivity index (χ0n) is 7.99. The Morgan fingerprint density at radius 3 is 2.62 bits per heavy atom. The third-order valence-electron chi connectivity index (χ3n) is 1.58. The molecule has 86 valence electrons. The van der Waals surface area contributed by atoms with E-state index in [0.717, 1.165) is 6.08 Å². The van der Waals surface area contributed by atoms with E-state index in [4.69, 9.17) is 4.42 Å². The van der Waals surface area contributed by atoms with Crippen molar-refractivity contribution in [2.45, 2.75) is 6.18 Å². The van der Waals surface area contributed by atoms with E-state index in [-0.39, 0.29) is 0 Å². The molecule has 0 amide bonds. The fourth-order valence-electron chi connectivity index (χ4n) is 0.834. The first-order valence-corrected chi connectivity index (χ1v) is 4.19. The van der Waals surface area contributed by atoms with Gasteiger partial charge < -0.3 is 10.2 Å². The molecular weight excluding hydrogens is 223 g/mol. The van der Waals surface area contributed by atoms with Crippen LogP contribution in [0, 0.1) is 0 Å². The number of alkyl halides is 3. The summed E-state index contributed by atoms with van der Waals surface area (Å²) < 4.78 is 40.6. The Hall–Kier alpha value is -1.98. The van der Waals surface area contributed by atoms with Gasteiger partial charge in [-0.1, -0.05) is 0 Å². The van der Waals surface area contributed by atoms with E-state index < -0.39 is 17.7 Å². The van der Waals surface area contributed by atoms with Crippen molar-refractivity contribution in [3.63, 3.8) is 0 Å². The first-order valence-electron chi connectivity index (χ1n) is 4.19. The fraction of sp³-hybridized carbons (Fsp3) is 0.100. The second kappa shape index (κ2) is 4.69. The number of allylic oxidation sites excluding steroid dienone is 3. The molecule has 3 nitrogen and oxygen atoms in total. The van der Waals surface area contributed by atoms with Crippen LogP contribution in [0.4, 0.5) is 13.2 Å². The van der Waals surface area contributed by atoms with Crippen molar-refractivity contribution in [1.82, 2.24) is 0 Å². The van der Waals surface area contributed by atoms with Crippen LogP contribution in [0.1, 0.15) is 5.76 Å². The Morgan fingerprint density at radius 1 is 1.44 bits per heavy atom. The molecule has 2 N–H and O–H groups in total. The van der Waals surface area contributed by atoms with Crippen LogP contribution in [-0.4, -0.2) is 12.0 Å². The minimum atomic E-state index is -4.69. The van der Waals surface area contributed by atoms with Crippen LogP contribution >= 0.6 is 0 Å². The molecule has 0 atom stereocenters. The van der Waals surface area contributed by atoms with Gasteiger partial charge in [0.1, 0.15) is 11.5 Å². The number of carbonyl (C=O) groups excluding carboxylic acids is 1. The monoisotopic (exact) mass is 231 g/mol. The van der Waals surface area contributed by atoms with E-state index in [1.54, 1.807) is 12.1 Å². The molecule has 1 rings (SSSR count). The van der Waals surface area contributed by atoms with Gasteiger partial charge in [0.15, 0.2) is 5.78 Å². The molecule has 1 heterocycles. The highest BCUT2D eigenvalue weighted by molar-refractivity contribution is 6.02. The zero-order valence-corrected chi connectivity index (χ0v) is 7.99. The van der Waals surface area contributed by atoms with Crippen molar-refractivity contribution in [1.29, 1.82) is 0 Å². The second-order valence-electron chi connectivity index (χ2n) is 2.85. The van der Waals surface area contributed by atoms with Gasteiger partial charge in [-0.3, -0.25) is 4.79 Å². The van der Waals surface area contributed by atoms with Gasteiger partial charge in [0, 0.05) is 6.08 Å². The van der Waals surface area contributed by atoms with E-state index in [1.807, 2.05) is 0 Å². The normalized spacial score (nSPS) is 13.3. The lowest BCUT2D eigenvalue weighted by atomic mass is 10.2. The van der Waals surface area contributed by atoms with Crippen molar-refractivity contribution < 1.29 is 22.4 Å². The lowest BCUT2D eigenvalue weighted by molar-refractivity contribution is -0.112. The van der Waals surface area contributed by atoms with E-state index in [9.17, 15) is 18.0 Å². The predicted octanol–water partition coefficient (Wildman–Crippen LogP) is 2.27. The number of hydrogen-bond acceptors (Lipinski definition) is 3. The summed E-state index contributed by atoms with van der Waals surface area (Å²) in [4.78, 5) is 11.0. The largest absolute Gasteiger partial charge is 0.465 e. The summed E-state index contributed by atoms with van der Waals surface area (Å²) in [5.41, 5.74) is 3.23. The maximum atomic E-state index is 11.9. The third kappa shape index (κ3) is 3.64. The summed E-state index contributed by atoms with van der Waals surface area (Å²) in [6.07, 6.45) is -0.794. The minimum Gasteiger partial charge on any atom is -0.465 e. The van der Waals surface area contributed by atoms with Gasteiger partial charge in [-0.15, -0.1) is 0 Å². The van der Waals surface area contributed by atoms with Crippen LogP contribution in [0.15, 0.2) is 40.7 Å². The number of furan rings is 1. The van der Waals surface area contributed by atoms with Crippen molar-refractivity contribution >= 4 is 11.9 Å². The lowest BCUT2D eigenvalue weighted by Crippen LogP contribution is -2.20. The smallest absolute Gasteiger partial charge is 0.430 e. The standard InChI is InChI=1S/C10H8F3NO2/c11-10(12,13)9(14)6-7(15)3-4-8-2-1-5-16-8/h1-6H,14H2/b4-3+,9-6+. The number of halogens is 3. The molecule has 0 radical (unpaired) electrons. The first-order chi connectivity index (χ1) is 7.39. The molecule has 0 saturated carbocycles. The molecule has 1 aromatic heterocycles. The Balaban J connectivity index is 2.67. The van der Waals surface area contributed by atoms with Gasteiger partial charge in [-0.05, 0) is 24.3 Å². The summed E-state index contributed by atoms with van der Waals surface area (Å²) in [7, 11) is 0. The maximum absolute atomic E-state index is 11.9. The number of hydrogen-bond donors (Lipinski definition) is 1. The third-order valence-corrected chi connectivity index (χ3v) is 1.58. The van der Waals surface area contributed by atoms with Crippen LogP contribution in [0.2, 0.25) is 0 Å². The topological polar surface area (TPSA) is 56.2 Å². The number of carbonyl (C=O) groups is 1. The summed E-state index contributed by atoms with van der Waals surface area (Å²) in [5, 5.41) is 0. The van der Waals surface area contributed by atoms with E-state index in [1.165, 1.54) is 12.3 Å². The SMILES string of the molecule is N/C(=C/C(=O)/C=C/c1ccco1)C(F)(F)F. The number of ketones is 1. The highest BCUT2D eigenvalue weighted by Gasteiger charge is 2.31. The highest BCUT2D eigenvalue weighted by Crippen LogP contribution is 2.21. The minimum absolute atomic E-state index is 0.319. The quantitative estimate of drug-likeness (QED) is 0.812. The molecule has 16 heavy (non-hydrogen) atoms. The molecule has 0 saturated heterocycles. The highest BCUT2D eigenvalue weighted by atomic mass is 19.4. The van der Waals surface area contributed by atoms with Crippen molar-refractivity contribution in [2.24, 2.45) is 5.73 Å². The van der Waals surface area contributed by atoms with Crippen molar-refractivity contribution in [2.75, 3.05) is 0 Å². The van der Waals surface area contributed by atoms with Crippen LogP contribution in [-0.2, 0) is 4.79 Å². The molecule has 0 aliphatic heterocycles. The average Bonchev–Trinajstić information content (AvgIpc) is 2.65. The fourth-order valence-corrected chi connectivity index (χ4v) is 0.834. The first kappa shape index (κ1) is 12.1. The Morgan fingerprint density at radius 2 is 2.12 bits per heavy atom. The molecule has 0 aliphatic rings. The van der Waals surface area contributed by atoms with Crippen LogP contribution < -0.4 is 5.73 Å². The molecule has 0 spiro atoms. The van der Waals surface area contributed by atoms with Crippen LogP contribution in [0.5, 0.6) is 0 Å². The van der Waals surface area contributed by atoms with Gasteiger partial charge >= 0.3 is 6.18 Å². The number of nitrogens with two attached hydrogens (primary N) is 1. The van der Waals surface area contributed by atoms with Crippen molar-refractivity contribution in [3.8, 4) is 0 Å². The summed E-state index contributed by atoms with van der Waals surface area (Å²) in [6.45, 7) is 0. The molecule has 0 bridgehead atoms. The van der Waals surface area contributed by atoms with E-state index >= 15 is 0 Å². The van der Waals surface area contributed by atoms with Gasteiger partial charge in [-0.2, -0.15) is 13.2 Å². The Labute approximate surface area is 89.0 Å². The van der Waals surface area contributed by atoms with Gasteiger partial charge in [0.25, 0.3) is 0 Å². The molecule has 1 aromatic rings. The lowest BCUT2D eigenvalue weighted by Gasteiger charge is -2.04. The average molecular weight is 231 g/mol. The Kier molecular flexibility index (Phi) is 3.55. The van der Waals surface area contributed by atoms with E-state index in [0.29, 0.717) is 11.8 Å². The zero-order chi connectivity index (χ0) is 12.2. The van der Waals surface area contributed by atoms with Crippen molar-refractivity contribution in [3.05, 3.63) is 42.0 Å². The predicted molar refractivity (Wildman–Crippen MR) is 51.1 cm³/mol. The summed E-state index contributed by atoms with van der Waals surface area (Å²) in [5.74, 6) is -0.487. The molecule has 0 unspecified atom stereocenters. The molecular formula is C10H8F3NO2. The van der Waals surface area contributed by atoms with E-state index in [2.05, 4.69) is 5.73 Å². The molecule has 0 fully saturated rings. The molecule has 6 heteroatoms. The molecule has 0 aliphatic carbocycles. The Bertz CT molecular complexity index is 416. The molecule has 0 aromatic carbocycles. The number of rotatable bonds is 3. The van der Waals surface area contributed by atoms with Gasteiger partial charge in [-0.25, -0.2) is 0 Å². The second-order valence-corrected chi connectivity index (χ2v) is 2.85. The maximum Gasteiger partial charge on any atom is 0.430 e.